The Labute approximate surface area is 79.7 Å². The van der Waals surface area contributed by atoms with Crippen LogP contribution in [0.3, 0.4) is 0 Å². The van der Waals surface area contributed by atoms with Crippen molar-refractivity contribution in [2.24, 2.45) is 0 Å². The molecule has 1 amide bonds. The summed E-state index contributed by atoms with van der Waals surface area (Å²) in [5.41, 5.74) is 0. The fourth-order valence-electron chi connectivity index (χ4n) is 0.667. The summed E-state index contributed by atoms with van der Waals surface area (Å²) in [5, 5.41) is 3.03. The maximum absolute atomic E-state index is 10.6. The van der Waals surface area contributed by atoms with E-state index in [2.05, 4.69) is 10.3 Å². The Bertz CT molecular complexity index is 314. The lowest BCUT2D eigenvalue weighted by Gasteiger charge is -2.01. The van der Waals surface area contributed by atoms with Crippen molar-refractivity contribution in [1.82, 2.24) is 4.98 Å². The van der Waals surface area contributed by atoms with Gasteiger partial charge in [-0.15, -0.1) is 0 Å². The van der Waals surface area contributed by atoms with Crippen LogP contribution in [0.5, 0.6) is 0 Å². The van der Waals surface area contributed by atoms with Crippen LogP contribution >= 0.6 is 23.2 Å². The highest BCUT2D eigenvalue weighted by molar-refractivity contribution is 6.41. The Morgan fingerprint density at radius 1 is 1.50 bits per heavy atom. The average molecular weight is 205 g/mol. The van der Waals surface area contributed by atoms with Crippen molar-refractivity contribution < 1.29 is 4.79 Å². The van der Waals surface area contributed by atoms with Gasteiger partial charge < -0.3 is 5.32 Å². The number of pyridine rings is 1. The van der Waals surface area contributed by atoms with Crippen LogP contribution in [0, 0.1) is 0 Å². The zero-order valence-corrected chi connectivity index (χ0v) is 7.78. The lowest BCUT2D eigenvalue weighted by molar-refractivity contribution is -0.114. The van der Waals surface area contributed by atoms with Gasteiger partial charge in [0.25, 0.3) is 0 Å². The van der Waals surface area contributed by atoms with Crippen LogP contribution in [-0.4, -0.2) is 10.9 Å². The van der Waals surface area contributed by atoms with Crippen LogP contribution in [0.25, 0.3) is 0 Å². The van der Waals surface area contributed by atoms with Crippen LogP contribution in [0.2, 0.25) is 10.2 Å². The number of nitrogens with zero attached hydrogens (tertiary/aromatic N) is 1. The van der Waals surface area contributed by atoms with Gasteiger partial charge in [-0.1, -0.05) is 23.2 Å². The fraction of sp³-hybridized carbons (Fsp3) is 0.143. The molecule has 0 atom stereocenters. The zero-order valence-electron chi connectivity index (χ0n) is 6.27. The van der Waals surface area contributed by atoms with Gasteiger partial charge in [-0.3, -0.25) is 4.79 Å². The first-order chi connectivity index (χ1) is 5.59. The predicted molar refractivity (Wildman–Crippen MR) is 48.6 cm³/mol. The number of anilines is 1. The standard InChI is InChI=1S/C7H6Cl2N2O/c1-4(12)10-6-3-2-5(8)7(9)11-6/h2-3H,1H3,(H,10,11,12). The molecule has 0 unspecified atom stereocenters. The number of carbonyl (C=O) groups excluding carboxylic acids is 1. The molecule has 64 valence electrons. The third kappa shape index (κ3) is 2.36. The molecule has 1 aromatic rings. The Balaban J connectivity index is 2.89. The highest BCUT2D eigenvalue weighted by atomic mass is 35.5. The lowest BCUT2D eigenvalue weighted by atomic mass is 10.4. The molecule has 0 aliphatic carbocycles. The van der Waals surface area contributed by atoms with Crippen molar-refractivity contribution in [3.8, 4) is 0 Å². The smallest absolute Gasteiger partial charge is 0.222 e. The molecule has 0 aliphatic rings. The SMILES string of the molecule is CC(=O)Nc1ccc(Cl)c(Cl)n1. The maximum Gasteiger partial charge on any atom is 0.222 e. The first-order valence-electron chi connectivity index (χ1n) is 3.19. The summed E-state index contributed by atoms with van der Waals surface area (Å²) in [6.45, 7) is 1.39. The molecule has 1 N–H and O–H groups in total. The molecule has 1 aromatic heterocycles. The second-order valence-corrected chi connectivity index (χ2v) is 2.92. The van der Waals surface area contributed by atoms with E-state index in [9.17, 15) is 4.79 Å². The highest BCUT2D eigenvalue weighted by Crippen LogP contribution is 2.20. The average Bonchev–Trinajstić information content (AvgIpc) is 1.96. The van der Waals surface area contributed by atoms with E-state index in [-0.39, 0.29) is 11.1 Å². The largest absolute Gasteiger partial charge is 0.311 e. The number of hydrogen-bond acceptors (Lipinski definition) is 2. The predicted octanol–water partition coefficient (Wildman–Crippen LogP) is 2.35. The molecule has 0 fully saturated rings. The van der Waals surface area contributed by atoms with Gasteiger partial charge in [-0.25, -0.2) is 4.98 Å². The minimum absolute atomic E-state index is 0.183. The van der Waals surface area contributed by atoms with Crippen molar-refractivity contribution in [1.29, 1.82) is 0 Å². The first kappa shape index (κ1) is 9.29. The van der Waals surface area contributed by atoms with E-state index < -0.39 is 0 Å². The van der Waals surface area contributed by atoms with Crippen molar-refractivity contribution in [3.63, 3.8) is 0 Å². The molecular formula is C7H6Cl2N2O. The monoisotopic (exact) mass is 204 g/mol. The number of halogens is 2. The van der Waals surface area contributed by atoms with Gasteiger partial charge in [-0.2, -0.15) is 0 Å². The Morgan fingerprint density at radius 2 is 2.17 bits per heavy atom. The van der Waals surface area contributed by atoms with Crippen LogP contribution in [0.4, 0.5) is 5.82 Å². The van der Waals surface area contributed by atoms with Gasteiger partial charge in [0.1, 0.15) is 11.0 Å². The molecule has 0 aromatic carbocycles. The third-order valence-corrected chi connectivity index (χ3v) is 1.80. The van der Waals surface area contributed by atoms with Crippen molar-refractivity contribution in [3.05, 3.63) is 22.3 Å². The van der Waals surface area contributed by atoms with Crippen molar-refractivity contribution in [2.45, 2.75) is 6.92 Å². The van der Waals surface area contributed by atoms with Gasteiger partial charge in [0.05, 0.1) is 5.02 Å². The molecule has 0 saturated carbocycles. The van der Waals surface area contributed by atoms with E-state index in [0.29, 0.717) is 10.8 Å². The molecule has 0 aliphatic heterocycles. The third-order valence-electron chi connectivity index (χ3n) is 1.11. The van der Waals surface area contributed by atoms with Crippen LogP contribution in [-0.2, 0) is 4.79 Å². The van der Waals surface area contributed by atoms with Gasteiger partial charge >= 0.3 is 0 Å². The topological polar surface area (TPSA) is 42.0 Å². The Kier molecular flexibility index (Phi) is 2.89. The molecule has 0 bridgehead atoms. The molecule has 0 spiro atoms. The molecular weight excluding hydrogens is 199 g/mol. The molecule has 0 saturated heterocycles. The summed E-state index contributed by atoms with van der Waals surface area (Å²) < 4.78 is 0. The van der Waals surface area contributed by atoms with E-state index in [1.54, 1.807) is 12.1 Å². The maximum atomic E-state index is 10.6. The van der Waals surface area contributed by atoms with E-state index in [1.807, 2.05) is 0 Å². The number of aromatic nitrogens is 1. The van der Waals surface area contributed by atoms with Crippen molar-refractivity contribution in [2.75, 3.05) is 5.32 Å². The number of amides is 1. The van der Waals surface area contributed by atoms with E-state index in [4.69, 9.17) is 23.2 Å². The van der Waals surface area contributed by atoms with Gasteiger partial charge in [0.2, 0.25) is 5.91 Å². The fourth-order valence-corrected chi connectivity index (χ4v) is 0.927. The van der Waals surface area contributed by atoms with Crippen molar-refractivity contribution >= 4 is 34.9 Å². The summed E-state index contributed by atoms with van der Waals surface area (Å²) >= 11 is 11.2. The minimum Gasteiger partial charge on any atom is -0.311 e. The van der Waals surface area contributed by atoms with Crippen LogP contribution < -0.4 is 5.32 Å². The molecule has 1 rings (SSSR count). The van der Waals surface area contributed by atoms with E-state index in [1.165, 1.54) is 6.92 Å². The van der Waals surface area contributed by atoms with Gasteiger partial charge in [0.15, 0.2) is 0 Å². The second-order valence-electron chi connectivity index (χ2n) is 2.15. The first-order valence-corrected chi connectivity index (χ1v) is 3.95. The minimum atomic E-state index is -0.194. The normalized spacial score (nSPS) is 9.58. The molecule has 3 nitrogen and oxygen atoms in total. The molecule has 1 heterocycles. The number of hydrogen-bond donors (Lipinski definition) is 1. The second kappa shape index (κ2) is 3.74. The summed E-state index contributed by atoms with van der Waals surface area (Å²) in [5.74, 6) is 0.206. The summed E-state index contributed by atoms with van der Waals surface area (Å²) in [6, 6.07) is 3.15. The quantitative estimate of drug-likeness (QED) is 0.715. The molecule has 0 radical (unpaired) electrons. The molecule has 12 heavy (non-hydrogen) atoms. The van der Waals surface area contributed by atoms with Crippen LogP contribution in [0.1, 0.15) is 6.92 Å². The number of nitrogens with one attached hydrogen (secondary N) is 1. The Morgan fingerprint density at radius 3 is 2.67 bits per heavy atom. The molecule has 5 heteroatoms. The van der Waals surface area contributed by atoms with Gasteiger partial charge in [-0.05, 0) is 12.1 Å². The summed E-state index contributed by atoms with van der Waals surface area (Å²) in [4.78, 5) is 14.4. The Hall–Kier alpha value is -0.800. The zero-order chi connectivity index (χ0) is 9.14. The van der Waals surface area contributed by atoms with Crippen LogP contribution in [0.15, 0.2) is 12.1 Å². The van der Waals surface area contributed by atoms with Gasteiger partial charge in [0, 0.05) is 6.92 Å². The summed E-state index contributed by atoms with van der Waals surface area (Å²) in [6.07, 6.45) is 0. The summed E-state index contributed by atoms with van der Waals surface area (Å²) in [7, 11) is 0. The highest BCUT2D eigenvalue weighted by Gasteiger charge is 2.01. The number of rotatable bonds is 1. The van der Waals surface area contributed by atoms with E-state index >= 15 is 0 Å². The van der Waals surface area contributed by atoms with E-state index in [0.717, 1.165) is 0 Å². The number of carbonyl (C=O) groups is 1. The lowest BCUT2D eigenvalue weighted by Crippen LogP contribution is -2.07.